The number of carboxylic acid groups (broad SMARTS) is 2. The number of carboxylic acids is 2. The van der Waals surface area contributed by atoms with Crippen molar-refractivity contribution in [2.75, 3.05) is 0 Å². The molecule has 1 rings (SSSR count). The van der Waals surface area contributed by atoms with E-state index in [1.807, 2.05) is 0 Å². The Balaban J connectivity index is 3.11. The van der Waals surface area contributed by atoms with E-state index in [0.717, 1.165) is 0 Å². The van der Waals surface area contributed by atoms with Crippen LogP contribution in [0.4, 0.5) is 0 Å². The van der Waals surface area contributed by atoms with Gasteiger partial charge in [0.25, 0.3) is 0 Å². The molecule has 0 aliphatic carbocycles. The smallest absolute Gasteiger partial charge is 0.344 e. The van der Waals surface area contributed by atoms with Crippen molar-refractivity contribution >= 4 is 23.5 Å². The lowest BCUT2D eigenvalue weighted by atomic mass is 10.2. The standard InChI is InChI=1S/C10H9ClO5/c1-5(9(12)13)16-8-6(10(14)15)3-2-4-7(8)11/h2-5H,1H3,(H,12,13)(H,14,15). The van der Waals surface area contributed by atoms with E-state index >= 15 is 0 Å². The summed E-state index contributed by atoms with van der Waals surface area (Å²) in [6.07, 6.45) is -1.17. The van der Waals surface area contributed by atoms with Crippen molar-refractivity contribution in [2.45, 2.75) is 13.0 Å². The molecule has 16 heavy (non-hydrogen) atoms. The zero-order valence-electron chi connectivity index (χ0n) is 8.31. The lowest BCUT2D eigenvalue weighted by molar-refractivity contribution is -0.144. The fourth-order valence-electron chi connectivity index (χ4n) is 1.02. The molecule has 0 aromatic heterocycles. The zero-order chi connectivity index (χ0) is 12.3. The highest BCUT2D eigenvalue weighted by Crippen LogP contribution is 2.29. The SMILES string of the molecule is CC(Oc1c(Cl)cccc1C(=O)O)C(=O)O. The van der Waals surface area contributed by atoms with Gasteiger partial charge in [-0.05, 0) is 19.1 Å². The molecule has 2 N–H and O–H groups in total. The number of ether oxygens (including phenoxy) is 1. The monoisotopic (exact) mass is 244 g/mol. The molecule has 86 valence electrons. The molecule has 1 atom stereocenters. The molecule has 0 amide bonds. The highest BCUT2D eigenvalue weighted by atomic mass is 35.5. The van der Waals surface area contributed by atoms with E-state index in [9.17, 15) is 9.59 Å². The number of para-hydroxylation sites is 1. The highest BCUT2D eigenvalue weighted by molar-refractivity contribution is 6.32. The molecule has 0 saturated heterocycles. The van der Waals surface area contributed by atoms with Gasteiger partial charge in [0.1, 0.15) is 5.56 Å². The Labute approximate surface area is 96.2 Å². The van der Waals surface area contributed by atoms with Crippen LogP contribution < -0.4 is 4.74 Å². The van der Waals surface area contributed by atoms with Gasteiger partial charge in [0.05, 0.1) is 5.02 Å². The second-order valence-corrected chi connectivity index (χ2v) is 3.43. The number of aromatic carboxylic acids is 1. The minimum Gasteiger partial charge on any atom is -0.479 e. The molecule has 1 unspecified atom stereocenters. The van der Waals surface area contributed by atoms with E-state index in [1.165, 1.54) is 25.1 Å². The van der Waals surface area contributed by atoms with E-state index < -0.39 is 18.0 Å². The molecule has 6 heteroatoms. The summed E-state index contributed by atoms with van der Waals surface area (Å²) in [7, 11) is 0. The van der Waals surface area contributed by atoms with Crippen molar-refractivity contribution in [3.63, 3.8) is 0 Å². The summed E-state index contributed by atoms with van der Waals surface area (Å²) in [6, 6.07) is 4.17. The fraction of sp³-hybridized carbons (Fsp3) is 0.200. The van der Waals surface area contributed by atoms with Crippen LogP contribution in [0.2, 0.25) is 5.02 Å². The van der Waals surface area contributed by atoms with E-state index in [1.54, 1.807) is 0 Å². The maximum absolute atomic E-state index is 10.8. The lowest BCUT2D eigenvalue weighted by Crippen LogP contribution is -2.24. The first kappa shape index (κ1) is 12.3. The van der Waals surface area contributed by atoms with Crippen LogP contribution >= 0.6 is 11.6 Å². The van der Waals surface area contributed by atoms with Gasteiger partial charge in [0, 0.05) is 0 Å². The lowest BCUT2D eigenvalue weighted by Gasteiger charge is -2.13. The van der Waals surface area contributed by atoms with Crippen molar-refractivity contribution in [2.24, 2.45) is 0 Å². The molecule has 0 heterocycles. The van der Waals surface area contributed by atoms with Crippen LogP contribution in [0.25, 0.3) is 0 Å². The number of halogens is 1. The number of aliphatic carboxylic acids is 1. The number of hydrogen-bond acceptors (Lipinski definition) is 3. The van der Waals surface area contributed by atoms with Crippen LogP contribution in [0, 0.1) is 0 Å². The summed E-state index contributed by atoms with van der Waals surface area (Å²) in [5.41, 5.74) is -0.166. The van der Waals surface area contributed by atoms with Gasteiger partial charge in [-0.2, -0.15) is 0 Å². The molecule has 0 aliphatic rings. The minimum absolute atomic E-state index is 0.0630. The molecular formula is C10H9ClO5. The number of benzene rings is 1. The van der Waals surface area contributed by atoms with Crippen LogP contribution in [-0.4, -0.2) is 28.3 Å². The van der Waals surface area contributed by atoms with Gasteiger partial charge >= 0.3 is 11.9 Å². The van der Waals surface area contributed by atoms with Gasteiger partial charge in [-0.25, -0.2) is 9.59 Å². The second-order valence-electron chi connectivity index (χ2n) is 3.02. The predicted octanol–water partition coefficient (Wildman–Crippen LogP) is 1.89. The third kappa shape index (κ3) is 2.64. The number of rotatable bonds is 4. The first-order valence-electron chi connectivity index (χ1n) is 4.34. The Bertz CT molecular complexity index is 429. The maximum atomic E-state index is 10.8. The second kappa shape index (κ2) is 4.85. The quantitative estimate of drug-likeness (QED) is 0.845. The van der Waals surface area contributed by atoms with Gasteiger partial charge in [0.15, 0.2) is 11.9 Å². The Hall–Kier alpha value is -1.75. The third-order valence-electron chi connectivity index (χ3n) is 1.84. The summed E-state index contributed by atoms with van der Waals surface area (Å²) in [5, 5.41) is 17.6. The summed E-state index contributed by atoms with van der Waals surface area (Å²) in [6.45, 7) is 1.29. The van der Waals surface area contributed by atoms with Crippen molar-refractivity contribution < 1.29 is 24.5 Å². The van der Waals surface area contributed by atoms with Gasteiger partial charge < -0.3 is 14.9 Å². The number of hydrogen-bond donors (Lipinski definition) is 2. The molecule has 1 aromatic carbocycles. The largest absolute Gasteiger partial charge is 0.479 e. The highest BCUT2D eigenvalue weighted by Gasteiger charge is 2.20. The molecular weight excluding hydrogens is 236 g/mol. The van der Waals surface area contributed by atoms with E-state index in [2.05, 4.69) is 0 Å². The summed E-state index contributed by atoms with van der Waals surface area (Å²) in [4.78, 5) is 21.4. The molecule has 1 aromatic rings. The summed E-state index contributed by atoms with van der Waals surface area (Å²) >= 11 is 5.74. The van der Waals surface area contributed by atoms with E-state index in [-0.39, 0.29) is 16.3 Å². The summed E-state index contributed by atoms with van der Waals surface area (Å²) in [5.74, 6) is -2.56. The summed E-state index contributed by atoms with van der Waals surface area (Å²) < 4.78 is 4.99. The maximum Gasteiger partial charge on any atom is 0.344 e. The van der Waals surface area contributed by atoms with Crippen LogP contribution in [-0.2, 0) is 4.79 Å². The average molecular weight is 245 g/mol. The van der Waals surface area contributed by atoms with Crippen LogP contribution in [0.5, 0.6) is 5.75 Å². The van der Waals surface area contributed by atoms with Gasteiger partial charge in [0.2, 0.25) is 0 Å². The molecule has 0 aliphatic heterocycles. The molecule has 5 nitrogen and oxygen atoms in total. The van der Waals surface area contributed by atoms with Crippen molar-refractivity contribution in [1.82, 2.24) is 0 Å². The Kier molecular flexibility index (Phi) is 3.73. The topological polar surface area (TPSA) is 83.8 Å². The van der Waals surface area contributed by atoms with Gasteiger partial charge in [-0.3, -0.25) is 0 Å². The molecule has 0 fully saturated rings. The normalized spacial score (nSPS) is 11.9. The predicted molar refractivity (Wildman–Crippen MR) is 56.1 cm³/mol. The fourth-order valence-corrected chi connectivity index (χ4v) is 1.24. The first-order chi connectivity index (χ1) is 7.43. The van der Waals surface area contributed by atoms with Crippen LogP contribution in [0.3, 0.4) is 0 Å². The van der Waals surface area contributed by atoms with Crippen molar-refractivity contribution in [3.8, 4) is 5.75 Å². The molecule has 0 radical (unpaired) electrons. The molecule has 0 bridgehead atoms. The van der Waals surface area contributed by atoms with E-state index in [0.29, 0.717) is 0 Å². The Morgan fingerprint density at radius 1 is 1.38 bits per heavy atom. The first-order valence-corrected chi connectivity index (χ1v) is 4.72. The Morgan fingerprint density at radius 2 is 2.00 bits per heavy atom. The van der Waals surface area contributed by atoms with Crippen molar-refractivity contribution in [3.05, 3.63) is 28.8 Å². The number of carbonyl (C=O) groups is 2. The third-order valence-corrected chi connectivity index (χ3v) is 2.14. The van der Waals surface area contributed by atoms with Crippen molar-refractivity contribution in [1.29, 1.82) is 0 Å². The van der Waals surface area contributed by atoms with Gasteiger partial charge in [-0.1, -0.05) is 17.7 Å². The van der Waals surface area contributed by atoms with Crippen LogP contribution in [0.15, 0.2) is 18.2 Å². The van der Waals surface area contributed by atoms with Crippen LogP contribution in [0.1, 0.15) is 17.3 Å². The molecule has 0 spiro atoms. The van der Waals surface area contributed by atoms with E-state index in [4.69, 9.17) is 26.6 Å². The van der Waals surface area contributed by atoms with Gasteiger partial charge in [-0.15, -0.1) is 0 Å². The minimum atomic E-state index is -1.23. The zero-order valence-corrected chi connectivity index (χ0v) is 9.06. The Morgan fingerprint density at radius 3 is 2.50 bits per heavy atom. The average Bonchev–Trinajstić information content (AvgIpc) is 2.20. The molecule has 0 saturated carbocycles.